The summed E-state index contributed by atoms with van der Waals surface area (Å²) in [5.74, 6) is 1.57. The third-order valence-corrected chi connectivity index (χ3v) is 4.32. The Bertz CT molecular complexity index is 1040. The summed E-state index contributed by atoms with van der Waals surface area (Å²) in [5.41, 5.74) is 5.33. The highest BCUT2D eigenvalue weighted by atomic mass is 16.7. The lowest BCUT2D eigenvalue weighted by molar-refractivity contribution is 0.174. The van der Waals surface area contributed by atoms with Crippen LogP contribution in [-0.2, 0) is 0 Å². The van der Waals surface area contributed by atoms with Crippen molar-refractivity contribution in [1.82, 2.24) is 9.97 Å². The second-order valence-corrected chi connectivity index (χ2v) is 5.76. The van der Waals surface area contributed by atoms with Crippen LogP contribution in [0.3, 0.4) is 0 Å². The Kier molecular flexibility index (Phi) is 2.82. The van der Waals surface area contributed by atoms with Crippen molar-refractivity contribution in [3.63, 3.8) is 0 Å². The van der Waals surface area contributed by atoms with Gasteiger partial charge >= 0.3 is 0 Å². The van der Waals surface area contributed by atoms with Crippen LogP contribution in [0.5, 0.6) is 11.5 Å². The molecule has 116 valence electrons. The monoisotopic (exact) mass is 314 g/mol. The second kappa shape index (κ2) is 5.13. The molecular formula is C20H14N2O2. The fourth-order valence-corrected chi connectivity index (χ4v) is 3.09. The van der Waals surface area contributed by atoms with Gasteiger partial charge in [-0.3, -0.25) is 0 Å². The Labute approximate surface area is 138 Å². The third kappa shape index (κ3) is 2.04. The van der Waals surface area contributed by atoms with E-state index in [1.807, 2.05) is 48.8 Å². The van der Waals surface area contributed by atoms with Gasteiger partial charge < -0.3 is 14.5 Å². The highest BCUT2D eigenvalue weighted by molar-refractivity contribution is 5.95. The maximum absolute atomic E-state index is 5.48. The van der Waals surface area contributed by atoms with Gasteiger partial charge in [-0.1, -0.05) is 36.4 Å². The number of fused-ring (bicyclic) bond motifs is 2. The van der Waals surface area contributed by atoms with Crippen LogP contribution < -0.4 is 9.47 Å². The van der Waals surface area contributed by atoms with Gasteiger partial charge in [0.25, 0.3) is 0 Å². The summed E-state index contributed by atoms with van der Waals surface area (Å²) in [7, 11) is 0. The van der Waals surface area contributed by atoms with Crippen LogP contribution in [0.2, 0.25) is 0 Å². The van der Waals surface area contributed by atoms with Gasteiger partial charge in [0.05, 0.1) is 0 Å². The molecule has 5 rings (SSSR count). The predicted molar refractivity (Wildman–Crippen MR) is 93.1 cm³/mol. The van der Waals surface area contributed by atoms with Crippen LogP contribution in [0.1, 0.15) is 0 Å². The third-order valence-electron chi connectivity index (χ3n) is 4.32. The Morgan fingerprint density at radius 1 is 0.833 bits per heavy atom. The maximum atomic E-state index is 5.48. The van der Waals surface area contributed by atoms with E-state index in [-0.39, 0.29) is 6.79 Å². The molecular weight excluding hydrogens is 300 g/mol. The molecule has 0 spiro atoms. The van der Waals surface area contributed by atoms with E-state index in [0.717, 1.165) is 39.2 Å². The zero-order valence-corrected chi connectivity index (χ0v) is 12.8. The molecule has 4 aromatic rings. The molecule has 0 unspecified atom stereocenters. The second-order valence-electron chi connectivity index (χ2n) is 5.76. The summed E-state index contributed by atoms with van der Waals surface area (Å²) in [6, 6.07) is 18.5. The number of rotatable bonds is 2. The number of ether oxygens (including phenoxy) is 2. The first kappa shape index (κ1) is 13.2. The molecule has 0 aliphatic carbocycles. The van der Waals surface area contributed by atoms with E-state index < -0.39 is 0 Å². The molecule has 2 aromatic carbocycles. The van der Waals surface area contributed by atoms with Crippen LogP contribution in [0.4, 0.5) is 0 Å². The lowest BCUT2D eigenvalue weighted by atomic mass is 10.0. The zero-order chi connectivity index (χ0) is 15.9. The van der Waals surface area contributed by atoms with Gasteiger partial charge in [0.15, 0.2) is 11.5 Å². The van der Waals surface area contributed by atoms with Gasteiger partial charge in [0, 0.05) is 28.9 Å². The Morgan fingerprint density at radius 3 is 2.62 bits per heavy atom. The van der Waals surface area contributed by atoms with E-state index in [4.69, 9.17) is 9.47 Å². The van der Waals surface area contributed by atoms with Gasteiger partial charge in [0.1, 0.15) is 5.65 Å². The molecule has 4 nitrogen and oxygen atoms in total. The SMILES string of the molecule is c1ccc(-c2c[nH]c3ncc(-c4ccc5c(c4)OCO5)cc23)cc1. The van der Waals surface area contributed by atoms with Crippen molar-refractivity contribution in [3.05, 3.63) is 67.0 Å². The first-order valence-corrected chi connectivity index (χ1v) is 7.81. The van der Waals surface area contributed by atoms with Crippen molar-refractivity contribution < 1.29 is 9.47 Å². The van der Waals surface area contributed by atoms with E-state index in [0.29, 0.717) is 0 Å². The Balaban J connectivity index is 1.65. The van der Waals surface area contributed by atoms with E-state index in [2.05, 4.69) is 28.2 Å². The molecule has 1 aliphatic rings. The van der Waals surface area contributed by atoms with Gasteiger partial charge in [-0.2, -0.15) is 0 Å². The number of aromatic nitrogens is 2. The summed E-state index contributed by atoms with van der Waals surface area (Å²) in [6.45, 7) is 0.284. The molecule has 0 atom stereocenters. The number of nitrogens with one attached hydrogen (secondary N) is 1. The summed E-state index contributed by atoms with van der Waals surface area (Å²) in [6.07, 6.45) is 3.89. The van der Waals surface area contributed by atoms with Gasteiger partial charge in [-0.25, -0.2) is 4.98 Å². The minimum Gasteiger partial charge on any atom is -0.454 e. The Hall–Kier alpha value is -3.27. The number of benzene rings is 2. The van der Waals surface area contributed by atoms with Gasteiger partial charge in [-0.05, 0) is 29.3 Å². The molecule has 4 heteroatoms. The molecule has 0 bridgehead atoms. The van der Waals surface area contributed by atoms with Gasteiger partial charge in [0.2, 0.25) is 6.79 Å². The summed E-state index contributed by atoms with van der Waals surface area (Å²) in [4.78, 5) is 7.82. The summed E-state index contributed by atoms with van der Waals surface area (Å²) in [5, 5.41) is 1.11. The lowest BCUT2D eigenvalue weighted by Crippen LogP contribution is -1.92. The molecule has 24 heavy (non-hydrogen) atoms. The molecule has 0 saturated heterocycles. The lowest BCUT2D eigenvalue weighted by Gasteiger charge is -2.05. The van der Waals surface area contributed by atoms with Crippen molar-refractivity contribution in [2.45, 2.75) is 0 Å². The molecule has 0 amide bonds. The van der Waals surface area contributed by atoms with E-state index in [1.54, 1.807) is 0 Å². The average Bonchev–Trinajstić information content (AvgIpc) is 3.28. The van der Waals surface area contributed by atoms with E-state index in [1.165, 1.54) is 5.56 Å². The fraction of sp³-hybridized carbons (Fsp3) is 0.0500. The topological polar surface area (TPSA) is 47.1 Å². The average molecular weight is 314 g/mol. The van der Waals surface area contributed by atoms with Crippen molar-refractivity contribution >= 4 is 11.0 Å². The van der Waals surface area contributed by atoms with Crippen molar-refractivity contribution in [3.8, 4) is 33.8 Å². The minimum absolute atomic E-state index is 0.284. The predicted octanol–water partition coefficient (Wildman–Crippen LogP) is 4.63. The first-order valence-electron chi connectivity index (χ1n) is 7.81. The Morgan fingerprint density at radius 2 is 1.71 bits per heavy atom. The van der Waals surface area contributed by atoms with Crippen molar-refractivity contribution in [1.29, 1.82) is 0 Å². The smallest absolute Gasteiger partial charge is 0.231 e. The summed E-state index contributed by atoms with van der Waals surface area (Å²) < 4.78 is 10.9. The molecule has 1 aliphatic heterocycles. The van der Waals surface area contributed by atoms with Crippen molar-refractivity contribution in [2.75, 3.05) is 6.79 Å². The molecule has 0 fully saturated rings. The highest BCUT2D eigenvalue weighted by Gasteiger charge is 2.15. The number of aromatic amines is 1. The van der Waals surface area contributed by atoms with E-state index in [9.17, 15) is 0 Å². The number of nitrogens with zero attached hydrogens (tertiary/aromatic N) is 1. The standard InChI is InChI=1S/C20H14N2O2/c1-2-4-13(5-3-1)17-11-22-20-16(17)8-15(10-21-20)14-6-7-18-19(9-14)24-12-23-18/h1-11H,12H2,(H,21,22). The number of hydrogen-bond donors (Lipinski definition) is 1. The molecule has 0 radical (unpaired) electrons. The minimum atomic E-state index is 0.284. The highest BCUT2D eigenvalue weighted by Crippen LogP contribution is 2.37. The molecule has 1 N–H and O–H groups in total. The number of pyridine rings is 1. The number of hydrogen-bond acceptors (Lipinski definition) is 3. The van der Waals surface area contributed by atoms with Crippen molar-refractivity contribution in [2.24, 2.45) is 0 Å². The van der Waals surface area contributed by atoms with Crippen LogP contribution in [0.15, 0.2) is 67.0 Å². The van der Waals surface area contributed by atoms with E-state index >= 15 is 0 Å². The molecule has 2 aromatic heterocycles. The fourth-order valence-electron chi connectivity index (χ4n) is 3.09. The van der Waals surface area contributed by atoms with Crippen LogP contribution in [0.25, 0.3) is 33.3 Å². The zero-order valence-electron chi connectivity index (χ0n) is 12.8. The first-order chi connectivity index (χ1) is 11.9. The maximum Gasteiger partial charge on any atom is 0.231 e. The largest absolute Gasteiger partial charge is 0.454 e. The molecule has 0 saturated carbocycles. The normalized spacial score (nSPS) is 12.7. The number of H-pyrrole nitrogens is 1. The summed E-state index contributed by atoms with van der Waals surface area (Å²) >= 11 is 0. The van der Waals surface area contributed by atoms with Crippen LogP contribution >= 0.6 is 0 Å². The quantitative estimate of drug-likeness (QED) is 0.587. The van der Waals surface area contributed by atoms with Gasteiger partial charge in [-0.15, -0.1) is 0 Å². The van der Waals surface area contributed by atoms with Crippen LogP contribution in [-0.4, -0.2) is 16.8 Å². The molecule has 3 heterocycles. The van der Waals surface area contributed by atoms with Crippen LogP contribution in [0, 0.1) is 0 Å².